The van der Waals surface area contributed by atoms with Crippen molar-refractivity contribution in [1.82, 2.24) is 5.32 Å². The second-order valence-electron chi connectivity index (χ2n) is 4.61. The summed E-state index contributed by atoms with van der Waals surface area (Å²) in [5, 5.41) is 5.18. The van der Waals surface area contributed by atoms with Gasteiger partial charge in [-0.25, -0.2) is 8.78 Å². The van der Waals surface area contributed by atoms with Crippen LogP contribution in [0.5, 0.6) is 0 Å². The number of hydrogen-bond acceptors (Lipinski definition) is 3. The third-order valence-electron chi connectivity index (χ3n) is 2.96. The quantitative estimate of drug-likeness (QED) is 0.895. The summed E-state index contributed by atoms with van der Waals surface area (Å²) in [6, 6.07) is 6.60. The molecule has 1 atom stereocenters. The Balaban J connectivity index is 0.00000200. The third-order valence-corrected chi connectivity index (χ3v) is 3.58. The van der Waals surface area contributed by atoms with Gasteiger partial charge < -0.3 is 5.32 Å². The summed E-state index contributed by atoms with van der Waals surface area (Å²) in [7, 11) is 0. The highest BCUT2D eigenvalue weighted by Gasteiger charge is 2.42. The summed E-state index contributed by atoms with van der Waals surface area (Å²) in [5.74, 6) is -2.29. The average molecular weight is 323 g/mol. The molecule has 0 spiro atoms. The molecule has 2 rings (SSSR count). The molecule has 20 heavy (non-hydrogen) atoms. The van der Waals surface area contributed by atoms with Gasteiger partial charge in [-0.2, -0.15) is 11.8 Å². The van der Waals surface area contributed by atoms with Gasteiger partial charge in [-0.15, -0.1) is 12.4 Å². The van der Waals surface area contributed by atoms with Crippen molar-refractivity contribution < 1.29 is 13.6 Å². The number of anilines is 1. The number of halogens is 3. The Morgan fingerprint density at radius 3 is 2.60 bits per heavy atom. The van der Waals surface area contributed by atoms with Crippen LogP contribution in [0.2, 0.25) is 0 Å². The smallest absolute Gasteiger partial charge is 0.262 e. The first-order valence-corrected chi connectivity index (χ1v) is 7.39. The van der Waals surface area contributed by atoms with Crippen LogP contribution in [-0.4, -0.2) is 30.7 Å². The highest BCUT2D eigenvalue weighted by molar-refractivity contribution is 7.97. The second kappa shape index (κ2) is 7.24. The van der Waals surface area contributed by atoms with Gasteiger partial charge in [-0.3, -0.25) is 10.1 Å². The number of alkyl halides is 2. The summed E-state index contributed by atoms with van der Waals surface area (Å²) in [6.07, 6.45) is 1.57. The van der Waals surface area contributed by atoms with E-state index in [-0.39, 0.29) is 12.4 Å². The lowest BCUT2D eigenvalue weighted by Gasteiger charge is -2.11. The van der Waals surface area contributed by atoms with Crippen molar-refractivity contribution in [3.63, 3.8) is 0 Å². The number of thioether (sulfide) groups is 1. The number of amides is 1. The van der Waals surface area contributed by atoms with Crippen LogP contribution in [-0.2, 0) is 10.5 Å². The van der Waals surface area contributed by atoms with Gasteiger partial charge in [0.15, 0.2) is 0 Å². The number of carbonyl (C=O) groups excluding carboxylic acids is 1. The molecule has 1 aromatic carbocycles. The summed E-state index contributed by atoms with van der Waals surface area (Å²) in [5.41, 5.74) is 1.79. The second-order valence-corrected chi connectivity index (χ2v) is 5.48. The summed E-state index contributed by atoms with van der Waals surface area (Å²) < 4.78 is 26.0. The van der Waals surface area contributed by atoms with Crippen LogP contribution in [0.1, 0.15) is 12.0 Å². The lowest BCUT2D eigenvalue weighted by atomic mass is 10.1. The minimum Gasteiger partial charge on any atom is -0.325 e. The molecule has 7 heteroatoms. The van der Waals surface area contributed by atoms with Crippen molar-refractivity contribution in [3.8, 4) is 0 Å². The maximum atomic E-state index is 13.0. The molecule has 1 fully saturated rings. The first-order chi connectivity index (χ1) is 9.00. The predicted molar refractivity (Wildman–Crippen MR) is 80.9 cm³/mol. The SMILES string of the molecule is CSCc1ccc(NC(=O)C2CC(F)(F)CN2)cc1.Cl. The summed E-state index contributed by atoms with van der Waals surface area (Å²) in [6.45, 7) is -0.433. The molecule has 0 aromatic heterocycles. The zero-order valence-electron chi connectivity index (χ0n) is 11.0. The minimum atomic E-state index is -2.79. The first kappa shape index (κ1) is 17.2. The molecule has 1 aliphatic heterocycles. The number of hydrogen-bond donors (Lipinski definition) is 2. The van der Waals surface area contributed by atoms with Crippen LogP contribution in [0.4, 0.5) is 14.5 Å². The molecule has 1 saturated heterocycles. The van der Waals surface area contributed by atoms with E-state index in [0.29, 0.717) is 5.69 Å². The normalized spacial score (nSPS) is 20.2. The van der Waals surface area contributed by atoms with Crippen molar-refractivity contribution in [3.05, 3.63) is 29.8 Å². The van der Waals surface area contributed by atoms with Crippen LogP contribution in [0.15, 0.2) is 24.3 Å². The highest BCUT2D eigenvalue weighted by atomic mass is 35.5. The minimum absolute atomic E-state index is 0. The lowest BCUT2D eigenvalue weighted by Crippen LogP contribution is -2.35. The number of rotatable bonds is 4. The van der Waals surface area contributed by atoms with Gasteiger partial charge >= 0.3 is 0 Å². The molecule has 0 saturated carbocycles. The number of benzene rings is 1. The van der Waals surface area contributed by atoms with Crippen LogP contribution in [0.25, 0.3) is 0 Å². The largest absolute Gasteiger partial charge is 0.325 e. The predicted octanol–water partition coefficient (Wildman–Crippen LogP) is 2.91. The van der Waals surface area contributed by atoms with Gasteiger partial charge in [0.2, 0.25) is 5.91 Å². The van der Waals surface area contributed by atoms with Gasteiger partial charge in [-0.05, 0) is 24.0 Å². The first-order valence-electron chi connectivity index (χ1n) is 6.00. The van der Waals surface area contributed by atoms with Gasteiger partial charge in [0.25, 0.3) is 5.92 Å². The fourth-order valence-corrected chi connectivity index (χ4v) is 2.51. The molecule has 1 aliphatic rings. The van der Waals surface area contributed by atoms with E-state index in [4.69, 9.17) is 0 Å². The lowest BCUT2D eigenvalue weighted by molar-refractivity contribution is -0.118. The van der Waals surface area contributed by atoms with Crippen molar-refractivity contribution >= 4 is 35.8 Å². The van der Waals surface area contributed by atoms with E-state index >= 15 is 0 Å². The Kier molecular flexibility index (Phi) is 6.23. The van der Waals surface area contributed by atoms with Gasteiger partial charge in [0, 0.05) is 17.9 Å². The van der Waals surface area contributed by atoms with E-state index in [2.05, 4.69) is 10.6 Å². The standard InChI is InChI=1S/C13H16F2N2OS.ClH/c1-19-7-9-2-4-10(5-3-9)17-12(18)11-6-13(14,15)8-16-11;/h2-5,11,16H,6-8H2,1H3,(H,17,18);1H. The molecule has 0 radical (unpaired) electrons. The fraction of sp³-hybridized carbons (Fsp3) is 0.462. The van der Waals surface area contributed by atoms with Crippen LogP contribution < -0.4 is 10.6 Å². The molecule has 1 unspecified atom stereocenters. The monoisotopic (exact) mass is 322 g/mol. The topological polar surface area (TPSA) is 41.1 Å². The maximum Gasteiger partial charge on any atom is 0.262 e. The molecular formula is C13H17ClF2N2OS. The Bertz CT molecular complexity index is 456. The zero-order valence-corrected chi connectivity index (χ0v) is 12.6. The third kappa shape index (κ3) is 4.61. The molecule has 1 aromatic rings. The van der Waals surface area contributed by atoms with Crippen molar-refractivity contribution in [2.75, 3.05) is 18.1 Å². The molecule has 2 N–H and O–H groups in total. The molecular weight excluding hydrogens is 306 g/mol. The van der Waals surface area contributed by atoms with Crippen LogP contribution >= 0.6 is 24.2 Å². The van der Waals surface area contributed by atoms with E-state index in [1.165, 1.54) is 0 Å². The Morgan fingerprint density at radius 1 is 1.45 bits per heavy atom. The molecule has 0 aliphatic carbocycles. The van der Waals surface area contributed by atoms with E-state index in [0.717, 1.165) is 11.3 Å². The summed E-state index contributed by atoms with van der Waals surface area (Å²) in [4.78, 5) is 11.8. The zero-order chi connectivity index (χ0) is 13.9. The van der Waals surface area contributed by atoms with Gasteiger partial charge in [0.1, 0.15) is 0 Å². The molecule has 112 valence electrons. The van der Waals surface area contributed by atoms with Crippen molar-refractivity contribution in [2.45, 2.75) is 24.1 Å². The molecule has 0 bridgehead atoms. The number of nitrogens with one attached hydrogen (secondary N) is 2. The molecule has 1 amide bonds. The van der Waals surface area contributed by atoms with E-state index in [1.807, 2.05) is 18.4 Å². The van der Waals surface area contributed by atoms with Crippen LogP contribution in [0, 0.1) is 0 Å². The number of carbonyl (C=O) groups is 1. The summed E-state index contributed by atoms with van der Waals surface area (Å²) >= 11 is 1.71. The molecule has 3 nitrogen and oxygen atoms in total. The Morgan fingerprint density at radius 2 is 2.10 bits per heavy atom. The Labute approximate surface area is 127 Å². The maximum absolute atomic E-state index is 13.0. The van der Waals surface area contributed by atoms with E-state index < -0.39 is 30.8 Å². The highest BCUT2D eigenvalue weighted by Crippen LogP contribution is 2.25. The van der Waals surface area contributed by atoms with E-state index in [9.17, 15) is 13.6 Å². The van der Waals surface area contributed by atoms with Crippen molar-refractivity contribution in [1.29, 1.82) is 0 Å². The van der Waals surface area contributed by atoms with Gasteiger partial charge in [-0.1, -0.05) is 12.1 Å². The van der Waals surface area contributed by atoms with Gasteiger partial charge in [0.05, 0.1) is 12.6 Å². The van der Waals surface area contributed by atoms with E-state index in [1.54, 1.807) is 23.9 Å². The molecule has 1 heterocycles. The van der Waals surface area contributed by atoms with Crippen molar-refractivity contribution in [2.24, 2.45) is 0 Å². The Hall–Kier alpha value is -0.850. The fourth-order valence-electron chi connectivity index (χ4n) is 1.98. The average Bonchev–Trinajstić information content (AvgIpc) is 2.73. The van der Waals surface area contributed by atoms with Crippen LogP contribution in [0.3, 0.4) is 0 Å².